The highest BCUT2D eigenvalue weighted by Crippen LogP contribution is 2.28. The van der Waals surface area contributed by atoms with Gasteiger partial charge in [-0.25, -0.2) is 0 Å². The fourth-order valence-corrected chi connectivity index (χ4v) is 3.76. The first-order valence-corrected chi connectivity index (χ1v) is 10.8. The van der Waals surface area contributed by atoms with Crippen LogP contribution in [0.1, 0.15) is 16.7 Å². The second-order valence-corrected chi connectivity index (χ2v) is 7.80. The molecule has 0 radical (unpaired) electrons. The minimum Gasteiger partial charge on any atom is -0.493 e. The molecule has 0 atom stereocenters. The Morgan fingerprint density at radius 2 is 1.55 bits per heavy atom. The molecule has 3 aromatic carbocycles. The van der Waals surface area contributed by atoms with Gasteiger partial charge in [-0.05, 0) is 29.3 Å². The third-order valence-corrected chi connectivity index (χ3v) is 5.54. The van der Waals surface area contributed by atoms with Gasteiger partial charge in [-0.2, -0.15) is 5.10 Å². The van der Waals surface area contributed by atoms with Crippen molar-refractivity contribution in [1.82, 2.24) is 5.01 Å². The van der Waals surface area contributed by atoms with E-state index in [0.717, 1.165) is 55.3 Å². The predicted octanol–water partition coefficient (Wildman–Crippen LogP) is 3.01. The van der Waals surface area contributed by atoms with Crippen LogP contribution in [0.4, 0.5) is 0 Å². The summed E-state index contributed by atoms with van der Waals surface area (Å²) >= 11 is 0. The zero-order valence-corrected chi connectivity index (χ0v) is 18.0. The van der Waals surface area contributed by atoms with Gasteiger partial charge < -0.3 is 14.4 Å². The standard InChI is InChI=1S/C26H29N3O2/c1-30-25-13-12-24(18-26(25)31-21-23-10-6-3-7-11-23)19-27-29-16-14-28(15-17-29)20-22-8-4-2-5-9-22/h2-13,18-19H,14-17,20-21H2,1H3/p+1. The summed E-state index contributed by atoms with van der Waals surface area (Å²) < 4.78 is 11.5. The summed E-state index contributed by atoms with van der Waals surface area (Å²) in [5.74, 6) is 1.46. The molecular formula is C26H30N3O2+. The highest BCUT2D eigenvalue weighted by atomic mass is 16.5. The number of nitrogens with one attached hydrogen (secondary N) is 1. The molecular weight excluding hydrogens is 386 g/mol. The van der Waals surface area contributed by atoms with Crippen molar-refractivity contribution in [2.75, 3.05) is 33.3 Å². The number of hydrogen-bond acceptors (Lipinski definition) is 4. The number of methoxy groups -OCH3 is 1. The Kier molecular flexibility index (Phi) is 7.19. The van der Waals surface area contributed by atoms with Gasteiger partial charge in [0.25, 0.3) is 0 Å². The molecule has 0 saturated carbocycles. The SMILES string of the molecule is COc1ccc(C=NN2CC[NH+](Cc3ccccc3)CC2)cc1OCc1ccccc1. The first-order chi connectivity index (χ1) is 15.3. The van der Waals surface area contributed by atoms with E-state index in [1.54, 1.807) is 12.0 Å². The van der Waals surface area contributed by atoms with Crippen molar-refractivity contribution in [2.45, 2.75) is 13.2 Å². The molecule has 160 valence electrons. The van der Waals surface area contributed by atoms with Crippen LogP contribution in [0, 0.1) is 0 Å². The summed E-state index contributed by atoms with van der Waals surface area (Å²) in [6.45, 7) is 5.71. The second kappa shape index (κ2) is 10.6. The Bertz CT molecular complexity index is 968. The molecule has 1 fully saturated rings. The topological polar surface area (TPSA) is 38.5 Å². The fourth-order valence-electron chi connectivity index (χ4n) is 3.76. The van der Waals surface area contributed by atoms with Crippen LogP contribution in [0.25, 0.3) is 0 Å². The van der Waals surface area contributed by atoms with Crippen molar-refractivity contribution in [2.24, 2.45) is 5.10 Å². The van der Waals surface area contributed by atoms with Gasteiger partial charge in [0.2, 0.25) is 0 Å². The minimum absolute atomic E-state index is 0.504. The number of nitrogens with zero attached hydrogens (tertiary/aromatic N) is 2. The van der Waals surface area contributed by atoms with Crippen LogP contribution in [0.3, 0.4) is 0 Å². The van der Waals surface area contributed by atoms with E-state index in [-0.39, 0.29) is 0 Å². The van der Waals surface area contributed by atoms with Crippen molar-refractivity contribution in [3.63, 3.8) is 0 Å². The molecule has 0 aromatic heterocycles. The molecule has 1 aliphatic rings. The van der Waals surface area contributed by atoms with E-state index in [2.05, 4.69) is 47.5 Å². The number of benzene rings is 3. The fraction of sp³-hybridized carbons (Fsp3) is 0.269. The lowest BCUT2D eigenvalue weighted by Crippen LogP contribution is -3.13. The Morgan fingerprint density at radius 1 is 0.871 bits per heavy atom. The Labute approximate surface area is 184 Å². The van der Waals surface area contributed by atoms with E-state index < -0.39 is 0 Å². The summed E-state index contributed by atoms with van der Waals surface area (Å²) in [5.41, 5.74) is 3.53. The summed E-state index contributed by atoms with van der Waals surface area (Å²) in [4.78, 5) is 1.61. The van der Waals surface area contributed by atoms with Gasteiger partial charge in [-0.3, -0.25) is 5.01 Å². The van der Waals surface area contributed by atoms with E-state index in [1.807, 2.05) is 42.6 Å². The van der Waals surface area contributed by atoms with Gasteiger partial charge in [0.1, 0.15) is 13.2 Å². The molecule has 0 aliphatic carbocycles. The zero-order chi connectivity index (χ0) is 21.3. The van der Waals surface area contributed by atoms with Crippen molar-refractivity contribution < 1.29 is 14.4 Å². The lowest BCUT2D eigenvalue weighted by Gasteiger charge is -2.30. The van der Waals surface area contributed by atoms with Crippen molar-refractivity contribution in [1.29, 1.82) is 0 Å². The number of rotatable bonds is 8. The van der Waals surface area contributed by atoms with Crippen molar-refractivity contribution >= 4 is 6.21 Å². The molecule has 0 bridgehead atoms. The van der Waals surface area contributed by atoms with Gasteiger partial charge in [0, 0.05) is 5.56 Å². The van der Waals surface area contributed by atoms with E-state index in [9.17, 15) is 0 Å². The molecule has 5 nitrogen and oxygen atoms in total. The minimum atomic E-state index is 0.504. The number of hydrogen-bond donors (Lipinski definition) is 1. The van der Waals surface area contributed by atoms with Crippen molar-refractivity contribution in [3.05, 3.63) is 95.6 Å². The van der Waals surface area contributed by atoms with Gasteiger partial charge in [-0.1, -0.05) is 60.7 Å². The van der Waals surface area contributed by atoms with Gasteiger partial charge >= 0.3 is 0 Å². The van der Waals surface area contributed by atoms with Crippen LogP contribution in [-0.2, 0) is 13.2 Å². The monoisotopic (exact) mass is 416 g/mol. The first-order valence-electron chi connectivity index (χ1n) is 10.8. The first kappa shape index (κ1) is 20.9. The number of quaternary nitrogens is 1. The van der Waals surface area contributed by atoms with E-state index in [1.165, 1.54) is 5.56 Å². The largest absolute Gasteiger partial charge is 0.493 e. The summed E-state index contributed by atoms with van der Waals surface area (Å²) in [7, 11) is 1.66. The lowest BCUT2D eigenvalue weighted by atomic mass is 10.2. The zero-order valence-electron chi connectivity index (χ0n) is 18.0. The van der Waals surface area contributed by atoms with Crippen LogP contribution in [0.15, 0.2) is 84.0 Å². The van der Waals surface area contributed by atoms with E-state index in [0.29, 0.717) is 6.61 Å². The second-order valence-electron chi connectivity index (χ2n) is 7.80. The smallest absolute Gasteiger partial charge is 0.162 e. The van der Waals surface area contributed by atoms with Gasteiger partial charge in [-0.15, -0.1) is 0 Å². The Hall–Kier alpha value is -3.31. The maximum atomic E-state index is 6.01. The normalized spacial score (nSPS) is 14.7. The number of ether oxygens (including phenoxy) is 2. The third-order valence-electron chi connectivity index (χ3n) is 5.54. The van der Waals surface area contributed by atoms with Gasteiger partial charge in [0.15, 0.2) is 11.5 Å². The molecule has 0 amide bonds. The molecule has 1 N–H and O–H groups in total. The molecule has 0 spiro atoms. The van der Waals surface area contributed by atoms with Crippen molar-refractivity contribution in [3.8, 4) is 11.5 Å². The average Bonchev–Trinajstić information content (AvgIpc) is 2.83. The molecule has 1 aliphatic heterocycles. The summed E-state index contributed by atoms with van der Waals surface area (Å²) in [6, 6.07) is 26.8. The van der Waals surface area contributed by atoms with E-state index >= 15 is 0 Å². The Morgan fingerprint density at radius 3 is 2.23 bits per heavy atom. The maximum absolute atomic E-state index is 6.01. The molecule has 3 aromatic rings. The molecule has 1 heterocycles. The van der Waals surface area contributed by atoms with E-state index in [4.69, 9.17) is 14.6 Å². The van der Waals surface area contributed by atoms with Crippen LogP contribution in [0.2, 0.25) is 0 Å². The number of piperazine rings is 1. The highest BCUT2D eigenvalue weighted by Gasteiger charge is 2.18. The average molecular weight is 417 g/mol. The number of hydrazone groups is 1. The van der Waals surface area contributed by atoms with Crippen LogP contribution >= 0.6 is 0 Å². The van der Waals surface area contributed by atoms with Crippen LogP contribution < -0.4 is 14.4 Å². The highest BCUT2D eigenvalue weighted by molar-refractivity contribution is 5.80. The third kappa shape index (κ3) is 6.09. The predicted molar refractivity (Wildman–Crippen MR) is 124 cm³/mol. The molecule has 1 saturated heterocycles. The lowest BCUT2D eigenvalue weighted by molar-refractivity contribution is -0.918. The van der Waals surface area contributed by atoms with Gasteiger partial charge in [0.05, 0.1) is 39.5 Å². The molecule has 31 heavy (non-hydrogen) atoms. The van der Waals surface area contributed by atoms with Crippen LogP contribution in [-0.4, -0.2) is 44.5 Å². The Balaban J connectivity index is 1.32. The van der Waals surface area contributed by atoms with Crippen LogP contribution in [0.5, 0.6) is 11.5 Å². The molecule has 4 rings (SSSR count). The maximum Gasteiger partial charge on any atom is 0.162 e. The molecule has 5 heteroatoms. The summed E-state index contributed by atoms with van der Waals surface area (Å²) in [6.07, 6.45) is 1.91. The quantitative estimate of drug-likeness (QED) is 0.574. The molecule has 0 unspecified atom stereocenters. The summed E-state index contributed by atoms with van der Waals surface area (Å²) in [5, 5.41) is 6.86.